The maximum Gasteiger partial charge on any atom is 0.279 e. The lowest BCUT2D eigenvalue weighted by Gasteiger charge is -2.36. The van der Waals surface area contributed by atoms with Crippen LogP contribution in [0.3, 0.4) is 0 Å². The van der Waals surface area contributed by atoms with Crippen molar-refractivity contribution in [2.75, 3.05) is 57.3 Å². The van der Waals surface area contributed by atoms with Crippen LogP contribution >= 0.6 is 0 Å². The minimum atomic E-state index is -3.42. The number of anilines is 1. The highest BCUT2D eigenvalue weighted by molar-refractivity contribution is 7.87. The van der Waals surface area contributed by atoms with Gasteiger partial charge < -0.3 is 9.64 Å². The Labute approximate surface area is 169 Å². The third kappa shape index (κ3) is 5.90. The van der Waals surface area contributed by atoms with Crippen molar-refractivity contribution in [3.05, 3.63) is 29.8 Å². The summed E-state index contributed by atoms with van der Waals surface area (Å²) in [5.41, 5.74) is 2.58. The van der Waals surface area contributed by atoms with Crippen molar-refractivity contribution in [3.63, 3.8) is 0 Å². The van der Waals surface area contributed by atoms with E-state index < -0.39 is 10.2 Å². The molecule has 1 N–H and O–H groups in total. The summed E-state index contributed by atoms with van der Waals surface area (Å²) in [6.45, 7) is 12.2. The molecule has 2 fully saturated rings. The van der Waals surface area contributed by atoms with Crippen LogP contribution in [0.15, 0.2) is 24.3 Å². The molecular formula is C20H34N4O3S. The van der Waals surface area contributed by atoms with Crippen molar-refractivity contribution in [3.8, 4) is 0 Å². The second kappa shape index (κ2) is 9.54. The summed E-state index contributed by atoms with van der Waals surface area (Å²) < 4.78 is 34.9. The van der Waals surface area contributed by atoms with E-state index in [2.05, 4.69) is 45.7 Å². The van der Waals surface area contributed by atoms with E-state index in [0.717, 1.165) is 39.1 Å². The highest BCUT2D eigenvalue weighted by Crippen LogP contribution is 2.18. The number of nitrogens with one attached hydrogen (secondary N) is 1. The van der Waals surface area contributed by atoms with E-state index >= 15 is 0 Å². The van der Waals surface area contributed by atoms with Crippen molar-refractivity contribution in [1.82, 2.24) is 13.9 Å². The number of morpholine rings is 1. The van der Waals surface area contributed by atoms with Gasteiger partial charge in [0.25, 0.3) is 10.2 Å². The Morgan fingerprint density at radius 1 is 1.11 bits per heavy atom. The first-order valence-electron chi connectivity index (χ1n) is 10.3. The number of ether oxygens (including phenoxy) is 1. The normalized spacial score (nSPS) is 25.2. The molecule has 1 aromatic rings. The summed E-state index contributed by atoms with van der Waals surface area (Å²) >= 11 is 0. The summed E-state index contributed by atoms with van der Waals surface area (Å²) in [6, 6.07) is 8.64. The molecule has 0 bridgehead atoms. The first-order valence-corrected chi connectivity index (χ1v) is 11.7. The van der Waals surface area contributed by atoms with E-state index in [1.807, 2.05) is 13.8 Å². The monoisotopic (exact) mass is 410 g/mol. The van der Waals surface area contributed by atoms with E-state index in [-0.39, 0.29) is 12.2 Å². The first kappa shape index (κ1) is 21.5. The van der Waals surface area contributed by atoms with Crippen LogP contribution in [0.5, 0.6) is 0 Å². The summed E-state index contributed by atoms with van der Waals surface area (Å²) in [5.74, 6) is 0. The van der Waals surface area contributed by atoms with Gasteiger partial charge in [0, 0.05) is 51.5 Å². The number of aryl methyl sites for hydroxylation is 1. The topological polar surface area (TPSA) is 65.1 Å². The van der Waals surface area contributed by atoms with Gasteiger partial charge in [-0.1, -0.05) is 12.1 Å². The summed E-state index contributed by atoms with van der Waals surface area (Å²) in [6.07, 6.45) is 0.689. The zero-order chi connectivity index (χ0) is 20.1. The van der Waals surface area contributed by atoms with Crippen LogP contribution in [0.25, 0.3) is 0 Å². The lowest BCUT2D eigenvalue weighted by Crippen LogP contribution is -2.52. The number of benzene rings is 1. The Bertz CT molecular complexity index is 725. The molecule has 0 saturated carbocycles. The van der Waals surface area contributed by atoms with Crippen molar-refractivity contribution in [2.45, 2.75) is 39.4 Å². The second-order valence-corrected chi connectivity index (χ2v) is 9.75. The van der Waals surface area contributed by atoms with Gasteiger partial charge in [-0.2, -0.15) is 12.7 Å². The van der Waals surface area contributed by atoms with E-state index in [4.69, 9.17) is 4.74 Å². The number of rotatable bonds is 7. The summed E-state index contributed by atoms with van der Waals surface area (Å²) in [7, 11) is -3.42. The maximum atomic E-state index is 12.5. The minimum absolute atomic E-state index is 0.0648. The second-order valence-electron chi connectivity index (χ2n) is 7.99. The Hall–Kier alpha value is -1.19. The quantitative estimate of drug-likeness (QED) is 0.690. The average molecular weight is 411 g/mol. The van der Waals surface area contributed by atoms with Crippen LogP contribution in [0.1, 0.15) is 25.8 Å². The molecule has 3 rings (SSSR count). The molecule has 2 atom stereocenters. The smallest absolute Gasteiger partial charge is 0.279 e. The van der Waals surface area contributed by atoms with Gasteiger partial charge in [-0.3, -0.25) is 4.90 Å². The zero-order valence-electron chi connectivity index (χ0n) is 17.3. The van der Waals surface area contributed by atoms with Crippen molar-refractivity contribution in [2.24, 2.45) is 0 Å². The molecule has 0 unspecified atom stereocenters. The van der Waals surface area contributed by atoms with Gasteiger partial charge in [-0.25, -0.2) is 4.72 Å². The minimum Gasteiger partial charge on any atom is -0.373 e. The van der Waals surface area contributed by atoms with Crippen LogP contribution < -0.4 is 9.62 Å². The molecule has 2 saturated heterocycles. The van der Waals surface area contributed by atoms with Crippen LogP contribution in [-0.4, -0.2) is 82.2 Å². The van der Waals surface area contributed by atoms with Crippen molar-refractivity contribution in [1.29, 1.82) is 0 Å². The molecule has 28 heavy (non-hydrogen) atoms. The van der Waals surface area contributed by atoms with E-state index in [0.29, 0.717) is 19.6 Å². The average Bonchev–Trinajstić information content (AvgIpc) is 2.65. The fourth-order valence-corrected chi connectivity index (χ4v) is 5.37. The third-order valence-corrected chi connectivity index (χ3v) is 6.95. The third-order valence-electron chi connectivity index (χ3n) is 5.40. The van der Waals surface area contributed by atoms with Crippen molar-refractivity contribution < 1.29 is 13.2 Å². The molecule has 0 spiro atoms. The Morgan fingerprint density at radius 3 is 2.43 bits per heavy atom. The SMILES string of the molecule is Cc1cccc(N2CCN(CCCNS(=O)(=O)N3C[C@@H](C)O[C@@H](C)C3)CC2)c1. The van der Waals surface area contributed by atoms with Gasteiger partial charge in [-0.05, 0) is 51.4 Å². The highest BCUT2D eigenvalue weighted by atomic mass is 32.2. The van der Waals surface area contributed by atoms with Gasteiger partial charge in [0.2, 0.25) is 0 Å². The Balaban J connectivity index is 1.37. The summed E-state index contributed by atoms with van der Waals surface area (Å²) in [4.78, 5) is 4.84. The van der Waals surface area contributed by atoms with Crippen LogP contribution in [-0.2, 0) is 14.9 Å². The molecule has 158 valence electrons. The molecule has 8 heteroatoms. The van der Waals surface area contributed by atoms with Gasteiger partial charge in [0.15, 0.2) is 0 Å². The predicted octanol–water partition coefficient (Wildman–Crippen LogP) is 1.45. The summed E-state index contributed by atoms with van der Waals surface area (Å²) in [5, 5.41) is 0. The number of nitrogens with zero attached hydrogens (tertiary/aromatic N) is 3. The molecule has 0 aromatic heterocycles. The van der Waals surface area contributed by atoms with E-state index in [9.17, 15) is 8.42 Å². The lowest BCUT2D eigenvalue weighted by molar-refractivity contribution is -0.0443. The zero-order valence-corrected chi connectivity index (χ0v) is 18.1. The lowest BCUT2D eigenvalue weighted by atomic mass is 10.2. The van der Waals surface area contributed by atoms with Crippen LogP contribution in [0.4, 0.5) is 5.69 Å². The Morgan fingerprint density at radius 2 is 1.79 bits per heavy atom. The first-order chi connectivity index (χ1) is 13.3. The fourth-order valence-electron chi connectivity index (χ4n) is 3.98. The van der Waals surface area contributed by atoms with Gasteiger partial charge in [0.1, 0.15) is 0 Å². The van der Waals surface area contributed by atoms with Gasteiger partial charge in [0.05, 0.1) is 12.2 Å². The number of hydrogen-bond donors (Lipinski definition) is 1. The molecule has 0 aliphatic carbocycles. The number of piperazine rings is 1. The van der Waals surface area contributed by atoms with Gasteiger partial charge >= 0.3 is 0 Å². The predicted molar refractivity (Wildman–Crippen MR) is 113 cm³/mol. The van der Waals surface area contributed by atoms with Crippen molar-refractivity contribution >= 4 is 15.9 Å². The number of hydrogen-bond acceptors (Lipinski definition) is 5. The van der Waals surface area contributed by atoms with E-state index in [1.54, 1.807) is 0 Å². The molecule has 2 heterocycles. The molecular weight excluding hydrogens is 376 g/mol. The molecule has 2 aliphatic heterocycles. The van der Waals surface area contributed by atoms with Crippen LogP contribution in [0.2, 0.25) is 0 Å². The molecule has 1 aromatic carbocycles. The van der Waals surface area contributed by atoms with Crippen LogP contribution in [0, 0.1) is 6.92 Å². The fraction of sp³-hybridized carbons (Fsp3) is 0.700. The maximum absolute atomic E-state index is 12.5. The van der Waals surface area contributed by atoms with Gasteiger partial charge in [-0.15, -0.1) is 0 Å². The highest BCUT2D eigenvalue weighted by Gasteiger charge is 2.30. The van der Waals surface area contributed by atoms with E-state index in [1.165, 1.54) is 15.6 Å². The molecule has 7 nitrogen and oxygen atoms in total. The molecule has 0 amide bonds. The molecule has 0 radical (unpaired) electrons. The Kier molecular flexibility index (Phi) is 7.33. The standard InChI is InChI=1S/C20H34N4O3S/c1-17-6-4-7-20(14-17)23-12-10-22(11-13-23)9-5-8-21-28(25,26)24-15-18(2)27-19(3)16-24/h4,6-7,14,18-19,21H,5,8-13,15-16H2,1-3H3/t18-,19+. The molecule has 2 aliphatic rings. The largest absolute Gasteiger partial charge is 0.373 e.